The minimum atomic E-state index is -0.269. The third kappa shape index (κ3) is 2.10. The van der Waals surface area contributed by atoms with Gasteiger partial charge in [0.25, 0.3) is 0 Å². The maximum absolute atomic E-state index is 12.4. The maximum Gasteiger partial charge on any atom is 0.250 e. The Kier molecular flexibility index (Phi) is 3.06. The van der Waals surface area contributed by atoms with E-state index in [2.05, 4.69) is 10.2 Å². The molecule has 0 aliphatic heterocycles. The molecule has 0 bridgehead atoms. The average molecular weight is 290 g/mol. The number of carbonyl (C=O) groups excluding carboxylic acids is 1. The van der Waals surface area contributed by atoms with E-state index >= 15 is 0 Å². The predicted molar refractivity (Wildman–Crippen MR) is 75.1 cm³/mol. The van der Waals surface area contributed by atoms with Crippen LogP contribution >= 0.6 is 11.6 Å². The first-order valence-electron chi connectivity index (χ1n) is 6.24. The van der Waals surface area contributed by atoms with Gasteiger partial charge in [0.15, 0.2) is 11.5 Å². The molecule has 0 amide bonds. The van der Waals surface area contributed by atoms with Gasteiger partial charge in [-0.3, -0.25) is 4.79 Å². The molecule has 2 aromatic heterocycles. The largest absolute Gasteiger partial charge is 0.452 e. The Labute approximate surface area is 120 Å². The van der Waals surface area contributed by atoms with Gasteiger partial charge in [-0.2, -0.15) is 9.90 Å². The van der Waals surface area contributed by atoms with Crippen LogP contribution in [-0.4, -0.2) is 20.8 Å². The standard InChI is InChI=1S/C14H12ClN3O2/c1-3-18-16-8(2)13(17-18)14(19)12-6-9-4-5-10(15)7-11(9)20-12/h4-7H,3H2,1-2H3. The normalized spacial score (nSPS) is 11.2. The molecule has 0 aliphatic carbocycles. The Morgan fingerprint density at radius 3 is 2.85 bits per heavy atom. The Hall–Kier alpha value is -2.14. The van der Waals surface area contributed by atoms with Crippen LogP contribution in [0.1, 0.15) is 28.9 Å². The van der Waals surface area contributed by atoms with Gasteiger partial charge in [0, 0.05) is 16.5 Å². The SMILES string of the molecule is CCn1nc(C)c(C(=O)c2cc3ccc(Cl)cc3o2)n1. The number of halogens is 1. The molecule has 102 valence electrons. The molecule has 0 fully saturated rings. The molecule has 0 N–H and O–H groups in total. The Balaban J connectivity index is 2.05. The van der Waals surface area contributed by atoms with Gasteiger partial charge in [-0.1, -0.05) is 11.6 Å². The second kappa shape index (κ2) is 4.76. The van der Waals surface area contributed by atoms with Crippen molar-refractivity contribution in [2.24, 2.45) is 0 Å². The molecule has 0 spiro atoms. The van der Waals surface area contributed by atoms with Crippen molar-refractivity contribution >= 4 is 28.4 Å². The molecular formula is C14H12ClN3O2. The first kappa shape index (κ1) is 12.9. The van der Waals surface area contributed by atoms with Crippen LogP contribution in [0.4, 0.5) is 0 Å². The number of nitrogens with zero attached hydrogens (tertiary/aromatic N) is 3. The van der Waals surface area contributed by atoms with Crippen molar-refractivity contribution in [2.45, 2.75) is 20.4 Å². The summed E-state index contributed by atoms with van der Waals surface area (Å²) in [5.41, 5.74) is 1.49. The lowest BCUT2D eigenvalue weighted by atomic mass is 10.2. The fourth-order valence-corrected chi connectivity index (χ4v) is 2.18. The fraction of sp³-hybridized carbons (Fsp3) is 0.214. The van der Waals surface area contributed by atoms with E-state index in [4.69, 9.17) is 16.0 Å². The summed E-state index contributed by atoms with van der Waals surface area (Å²) in [4.78, 5) is 13.9. The van der Waals surface area contributed by atoms with Crippen molar-refractivity contribution in [3.05, 3.63) is 46.4 Å². The number of hydrogen-bond donors (Lipinski definition) is 0. The highest BCUT2D eigenvalue weighted by Gasteiger charge is 2.21. The van der Waals surface area contributed by atoms with Gasteiger partial charge >= 0.3 is 0 Å². The number of fused-ring (bicyclic) bond motifs is 1. The van der Waals surface area contributed by atoms with Crippen LogP contribution in [0.3, 0.4) is 0 Å². The summed E-state index contributed by atoms with van der Waals surface area (Å²) in [6.45, 7) is 4.28. The number of aryl methyl sites for hydroxylation is 2. The third-order valence-electron chi connectivity index (χ3n) is 3.03. The highest BCUT2D eigenvalue weighted by Crippen LogP contribution is 2.24. The van der Waals surface area contributed by atoms with E-state index in [0.717, 1.165) is 5.39 Å². The van der Waals surface area contributed by atoms with Gasteiger partial charge < -0.3 is 4.42 Å². The number of rotatable bonds is 3. The van der Waals surface area contributed by atoms with Crippen molar-refractivity contribution in [1.82, 2.24) is 15.0 Å². The molecule has 3 aromatic rings. The molecule has 2 heterocycles. The van der Waals surface area contributed by atoms with E-state index in [0.29, 0.717) is 28.5 Å². The van der Waals surface area contributed by atoms with Crippen LogP contribution in [0.15, 0.2) is 28.7 Å². The van der Waals surface area contributed by atoms with Gasteiger partial charge in [0.2, 0.25) is 5.78 Å². The summed E-state index contributed by atoms with van der Waals surface area (Å²) in [5, 5.41) is 9.73. The van der Waals surface area contributed by atoms with Crippen LogP contribution in [0.25, 0.3) is 11.0 Å². The van der Waals surface area contributed by atoms with Crippen LogP contribution in [0.2, 0.25) is 5.02 Å². The summed E-state index contributed by atoms with van der Waals surface area (Å²) < 4.78 is 5.55. The van der Waals surface area contributed by atoms with Gasteiger partial charge in [0.05, 0.1) is 12.2 Å². The Bertz CT molecular complexity index is 804. The monoisotopic (exact) mass is 289 g/mol. The van der Waals surface area contributed by atoms with E-state index in [1.807, 2.05) is 13.0 Å². The highest BCUT2D eigenvalue weighted by atomic mass is 35.5. The zero-order chi connectivity index (χ0) is 14.3. The molecule has 5 nitrogen and oxygen atoms in total. The summed E-state index contributed by atoms with van der Waals surface area (Å²) in [5.74, 6) is -0.0250. The second-order valence-corrected chi connectivity index (χ2v) is 4.88. The maximum atomic E-state index is 12.4. The topological polar surface area (TPSA) is 60.9 Å². The van der Waals surface area contributed by atoms with Crippen molar-refractivity contribution < 1.29 is 9.21 Å². The quantitative estimate of drug-likeness (QED) is 0.695. The van der Waals surface area contributed by atoms with E-state index in [-0.39, 0.29) is 11.5 Å². The summed E-state index contributed by atoms with van der Waals surface area (Å²) in [6.07, 6.45) is 0. The molecule has 1 aromatic carbocycles. The van der Waals surface area contributed by atoms with E-state index in [1.165, 1.54) is 4.80 Å². The zero-order valence-corrected chi connectivity index (χ0v) is 11.8. The van der Waals surface area contributed by atoms with Crippen molar-refractivity contribution in [1.29, 1.82) is 0 Å². The molecule has 0 saturated carbocycles. The van der Waals surface area contributed by atoms with Gasteiger partial charge in [-0.05, 0) is 32.0 Å². The van der Waals surface area contributed by atoms with E-state index in [1.54, 1.807) is 25.1 Å². The molecular weight excluding hydrogens is 278 g/mol. The lowest BCUT2D eigenvalue weighted by molar-refractivity contribution is 0.100. The van der Waals surface area contributed by atoms with Gasteiger partial charge in [-0.25, -0.2) is 0 Å². The van der Waals surface area contributed by atoms with E-state index < -0.39 is 0 Å². The summed E-state index contributed by atoms with van der Waals surface area (Å²) in [7, 11) is 0. The minimum absolute atomic E-state index is 0.244. The van der Waals surface area contributed by atoms with Crippen molar-refractivity contribution in [2.75, 3.05) is 0 Å². The summed E-state index contributed by atoms with van der Waals surface area (Å²) >= 11 is 5.90. The number of furan rings is 1. The van der Waals surface area contributed by atoms with Crippen LogP contribution in [-0.2, 0) is 6.54 Å². The molecule has 0 aliphatic rings. The van der Waals surface area contributed by atoms with E-state index in [9.17, 15) is 4.79 Å². The van der Waals surface area contributed by atoms with Crippen molar-refractivity contribution in [3.63, 3.8) is 0 Å². The number of carbonyl (C=O) groups is 1. The van der Waals surface area contributed by atoms with Gasteiger partial charge in [0.1, 0.15) is 5.58 Å². The first-order valence-corrected chi connectivity index (χ1v) is 6.62. The minimum Gasteiger partial charge on any atom is -0.452 e. The molecule has 6 heteroatoms. The third-order valence-corrected chi connectivity index (χ3v) is 3.26. The average Bonchev–Trinajstić information content (AvgIpc) is 3.00. The lowest BCUT2D eigenvalue weighted by Crippen LogP contribution is -2.04. The smallest absolute Gasteiger partial charge is 0.250 e. The number of ketones is 1. The number of benzene rings is 1. The Morgan fingerprint density at radius 1 is 1.35 bits per heavy atom. The van der Waals surface area contributed by atoms with Crippen molar-refractivity contribution in [3.8, 4) is 0 Å². The van der Waals surface area contributed by atoms with Gasteiger partial charge in [-0.15, -0.1) is 5.10 Å². The molecule has 0 unspecified atom stereocenters. The molecule has 0 radical (unpaired) electrons. The van der Waals surface area contributed by atoms with Crippen LogP contribution in [0, 0.1) is 6.92 Å². The van der Waals surface area contributed by atoms with Crippen LogP contribution < -0.4 is 0 Å². The summed E-state index contributed by atoms with van der Waals surface area (Å²) in [6, 6.07) is 6.95. The second-order valence-electron chi connectivity index (χ2n) is 4.44. The first-order chi connectivity index (χ1) is 9.58. The number of aromatic nitrogens is 3. The van der Waals surface area contributed by atoms with Crippen LogP contribution in [0.5, 0.6) is 0 Å². The molecule has 20 heavy (non-hydrogen) atoms. The molecule has 3 rings (SSSR count). The lowest BCUT2D eigenvalue weighted by Gasteiger charge is -1.92. The molecule has 0 atom stereocenters. The fourth-order valence-electron chi connectivity index (χ4n) is 2.02. The zero-order valence-electron chi connectivity index (χ0n) is 11.1. The highest BCUT2D eigenvalue weighted by molar-refractivity contribution is 6.31. The Morgan fingerprint density at radius 2 is 2.15 bits per heavy atom. The molecule has 0 saturated heterocycles. The predicted octanol–water partition coefficient (Wildman–Crippen LogP) is 3.24. The number of hydrogen-bond acceptors (Lipinski definition) is 4.